The van der Waals surface area contributed by atoms with Crippen molar-refractivity contribution in [2.45, 2.75) is 6.43 Å². The minimum Gasteiger partial charge on any atom is -0.507 e. The van der Waals surface area contributed by atoms with Crippen molar-refractivity contribution in [3.8, 4) is 5.75 Å². The molecule has 0 radical (unpaired) electrons. The van der Waals surface area contributed by atoms with Crippen LogP contribution in [-0.2, 0) is 0 Å². The van der Waals surface area contributed by atoms with Gasteiger partial charge < -0.3 is 5.11 Å². The fourth-order valence-corrected chi connectivity index (χ4v) is 3.09. The van der Waals surface area contributed by atoms with Gasteiger partial charge >= 0.3 is 0 Å². The van der Waals surface area contributed by atoms with Gasteiger partial charge in [0.2, 0.25) is 0 Å². The first-order valence-corrected chi connectivity index (χ1v) is 5.67. The molecule has 0 saturated carbocycles. The first kappa shape index (κ1) is 10.1. The quantitative estimate of drug-likeness (QED) is 0.781. The average molecular weight is 326 g/mol. The zero-order valence-corrected chi connectivity index (χ0v) is 9.77. The molecule has 1 N–H and O–H groups in total. The number of rotatable bonds is 1. The summed E-state index contributed by atoms with van der Waals surface area (Å²) in [5.41, 5.74) is -0.299. The molecule has 2 aromatic rings. The molecular weight excluding hydrogens is 321 g/mol. The molecule has 1 heterocycles. The number of aromatic hydroxyl groups is 1. The highest BCUT2D eigenvalue weighted by atomic mass is 127. The summed E-state index contributed by atoms with van der Waals surface area (Å²) in [6, 6.07) is 4.56. The Morgan fingerprint density at radius 3 is 2.64 bits per heavy atom. The number of thiophene rings is 1. The normalized spacial score (nSPS) is 11.4. The third kappa shape index (κ3) is 1.70. The number of phenolic OH excluding ortho intramolecular Hbond substituents is 1. The van der Waals surface area contributed by atoms with Crippen molar-refractivity contribution in [1.82, 2.24) is 0 Å². The van der Waals surface area contributed by atoms with Gasteiger partial charge in [0.1, 0.15) is 5.75 Å². The van der Waals surface area contributed by atoms with E-state index in [1.807, 2.05) is 6.07 Å². The number of halogens is 3. The summed E-state index contributed by atoms with van der Waals surface area (Å²) in [6.07, 6.45) is -2.63. The van der Waals surface area contributed by atoms with Crippen molar-refractivity contribution in [2.75, 3.05) is 0 Å². The molecule has 2 rings (SSSR count). The van der Waals surface area contributed by atoms with Crippen LogP contribution in [0.15, 0.2) is 18.2 Å². The lowest BCUT2D eigenvalue weighted by Gasteiger charge is -2.02. The van der Waals surface area contributed by atoms with E-state index in [4.69, 9.17) is 0 Å². The smallest absolute Gasteiger partial charge is 0.267 e. The number of hydrogen-bond donors (Lipinski definition) is 1. The Morgan fingerprint density at radius 1 is 1.29 bits per heavy atom. The maximum Gasteiger partial charge on any atom is 0.267 e. The van der Waals surface area contributed by atoms with E-state index in [2.05, 4.69) is 22.6 Å². The molecule has 74 valence electrons. The maximum atomic E-state index is 12.4. The number of benzene rings is 1. The Balaban J connectivity index is 2.70. The molecule has 0 aliphatic heterocycles. The van der Waals surface area contributed by atoms with E-state index < -0.39 is 6.43 Å². The minimum atomic E-state index is -2.63. The van der Waals surface area contributed by atoms with Gasteiger partial charge in [0, 0.05) is 4.70 Å². The molecule has 0 aliphatic rings. The molecule has 1 aromatic carbocycles. The van der Waals surface area contributed by atoms with Gasteiger partial charge in [0.25, 0.3) is 6.43 Å². The topological polar surface area (TPSA) is 20.2 Å². The minimum absolute atomic E-state index is 0.299. The van der Waals surface area contributed by atoms with Gasteiger partial charge in [-0.1, -0.05) is 0 Å². The van der Waals surface area contributed by atoms with Crippen LogP contribution in [0.1, 0.15) is 12.0 Å². The average Bonchev–Trinajstić information content (AvgIpc) is 2.42. The molecule has 0 bridgehead atoms. The highest BCUT2D eigenvalue weighted by Crippen LogP contribution is 2.36. The third-order valence-electron chi connectivity index (χ3n) is 1.87. The molecule has 0 spiro atoms. The molecule has 1 nitrogen and oxygen atoms in total. The van der Waals surface area contributed by atoms with Crippen LogP contribution >= 0.6 is 33.9 Å². The van der Waals surface area contributed by atoms with Gasteiger partial charge in [-0.05, 0) is 46.2 Å². The van der Waals surface area contributed by atoms with Crippen molar-refractivity contribution in [3.05, 3.63) is 26.6 Å². The van der Waals surface area contributed by atoms with Gasteiger partial charge in [-0.15, -0.1) is 11.3 Å². The predicted octanol–water partition coefficient (Wildman–Crippen LogP) is 4.15. The second kappa shape index (κ2) is 3.62. The van der Waals surface area contributed by atoms with Gasteiger partial charge in [-0.2, -0.15) is 0 Å². The van der Waals surface area contributed by atoms with Gasteiger partial charge in [-0.25, -0.2) is 8.78 Å². The van der Waals surface area contributed by atoms with E-state index >= 15 is 0 Å². The van der Waals surface area contributed by atoms with Crippen molar-refractivity contribution in [2.24, 2.45) is 0 Å². The summed E-state index contributed by atoms with van der Waals surface area (Å²) in [5.74, 6) is -0.328. The Labute approximate surface area is 96.5 Å². The molecule has 0 amide bonds. The van der Waals surface area contributed by atoms with E-state index in [0.29, 0.717) is 0 Å². The molecule has 5 heteroatoms. The molecule has 0 aliphatic carbocycles. The molecule has 14 heavy (non-hydrogen) atoms. The molecule has 0 saturated heterocycles. The van der Waals surface area contributed by atoms with E-state index in [1.165, 1.54) is 23.5 Å². The first-order chi connectivity index (χ1) is 6.58. The largest absolute Gasteiger partial charge is 0.507 e. The van der Waals surface area contributed by atoms with Gasteiger partial charge in [0.15, 0.2) is 0 Å². The predicted molar refractivity (Wildman–Crippen MR) is 61.2 cm³/mol. The van der Waals surface area contributed by atoms with Crippen LogP contribution < -0.4 is 0 Å². The molecule has 1 aromatic heterocycles. The second-order valence-corrected chi connectivity index (χ2v) is 5.78. The van der Waals surface area contributed by atoms with Crippen LogP contribution in [0.5, 0.6) is 5.75 Å². The van der Waals surface area contributed by atoms with Crippen molar-refractivity contribution >= 4 is 44.0 Å². The SMILES string of the molecule is Oc1cc2sc(I)cc2cc1C(F)F. The van der Waals surface area contributed by atoms with Crippen LogP contribution in [-0.4, -0.2) is 5.11 Å². The van der Waals surface area contributed by atoms with Crippen molar-refractivity contribution in [1.29, 1.82) is 0 Å². The summed E-state index contributed by atoms with van der Waals surface area (Å²) >= 11 is 3.59. The highest BCUT2D eigenvalue weighted by Gasteiger charge is 2.14. The lowest BCUT2D eigenvalue weighted by atomic mass is 10.1. The van der Waals surface area contributed by atoms with Crippen molar-refractivity contribution in [3.63, 3.8) is 0 Å². The maximum absolute atomic E-state index is 12.4. The standard InChI is InChI=1S/C9H5F2IOS/c10-9(11)5-1-4-2-8(12)14-7(4)3-6(5)13/h1-3,9,13H. The van der Waals surface area contributed by atoms with Crippen molar-refractivity contribution < 1.29 is 13.9 Å². The number of phenols is 1. The summed E-state index contributed by atoms with van der Waals surface area (Å²) in [7, 11) is 0. The van der Waals surface area contributed by atoms with E-state index in [0.717, 1.165) is 13.0 Å². The van der Waals surface area contributed by atoms with E-state index in [1.54, 1.807) is 0 Å². The summed E-state index contributed by atoms with van der Waals surface area (Å²) in [4.78, 5) is 0. The Kier molecular flexibility index (Phi) is 2.61. The van der Waals surface area contributed by atoms with Crippen LogP contribution in [0.25, 0.3) is 10.1 Å². The lowest BCUT2D eigenvalue weighted by molar-refractivity contribution is 0.147. The molecule has 0 atom stereocenters. The van der Waals surface area contributed by atoms with E-state index in [9.17, 15) is 13.9 Å². The molecule has 0 fully saturated rings. The number of hydrogen-bond acceptors (Lipinski definition) is 2. The molecular formula is C9H5F2IOS. The Hall–Kier alpha value is -0.430. The zero-order valence-electron chi connectivity index (χ0n) is 6.80. The fourth-order valence-electron chi connectivity index (χ4n) is 1.24. The Morgan fingerprint density at radius 2 is 2.00 bits per heavy atom. The summed E-state index contributed by atoms with van der Waals surface area (Å²) in [6.45, 7) is 0. The number of alkyl halides is 2. The van der Waals surface area contributed by atoms with Gasteiger partial charge in [0.05, 0.1) is 8.45 Å². The summed E-state index contributed by atoms with van der Waals surface area (Å²) in [5, 5.41) is 10.1. The van der Waals surface area contributed by atoms with Crippen LogP contribution in [0, 0.1) is 2.88 Å². The first-order valence-electron chi connectivity index (χ1n) is 3.78. The third-order valence-corrected chi connectivity index (χ3v) is 3.73. The van der Waals surface area contributed by atoms with Crippen LogP contribution in [0.2, 0.25) is 0 Å². The Bertz CT molecular complexity index is 481. The number of fused-ring (bicyclic) bond motifs is 1. The summed E-state index contributed by atoms with van der Waals surface area (Å²) < 4.78 is 26.7. The van der Waals surface area contributed by atoms with E-state index in [-0.39, 0.29) is 11.3 Å². The zero-order chi connectivity index (χ0) is 10.3. The second-order valence-electron chi connectivity index (χ2n) is 2.80. The van der Waals surface area contributed by atoms with Crippen LogP contribution in [0.4, 0.5) is 8.78 Å². The molecule has 0 unspecified atom stereocenters. The monoisotopic (exact) mass is 326 g/mol. The van der Waals surface area contributed by atoms with Crippen LogP contribution in [0.3, 0.4) is 0 Å². The fraction of sp³-hybridized carbons (Fsp3) is 0.111. The van der Waals surface area contributed by atoms with Gasteiger partial charge in [-0.3, -0.25) is 0 Å². The lowest BCUT2D eigenvalue weighted by Crippen LogP contribution is -1.83. The highest BCUT2D eigenvalue weighted by molar-refractivity contribution is 14.1.